The van der Waals surface area contributed by atoms with Crippen molar-refractivity contribution >= 4 is 34.3 Å². The molecule has 2 aromatic carbocycles. The number of nitro benzene ring substituents is 1. The van der Waals surface area contributed by atoms with Crippen molar-refractivity contribution in [3.8, 4) is 11.3 Å². The topological polar surface area (TPSA) is 129 Å². The highest BCUT2D eigenvalue weighted by Crippen LogP contribution is 2.28. The molecule has 0 saturated heterocycles. The quantitative estimate of drug-likeness (QED) is 0.251. The largest absolute Gasteiger partial charge is 0.449 e. The van der Waals surface area contributed by atoms with Gasteiger partial charge in [-0.25, -0.2) is 9.78 Å². The second-order valence-electron chi connectivity index (χ2n) is 7.79. The number of hydrogen-bond donors (Lipinski definition) is 1. The van der Waals surface area contributed by atoms with Crippen molar-refractivity contribution in [2.24, 2.45) is 7.05 Å². The van der Waals surface area contributed by atoms with E-state index in [9.17, 15) is 24.1 Å². The van der Waals surface area contributed by atoms with Gasteiger partial charge in [-0.2, -0.15) is 9.49 Å². The maximum Gasteiger partial charge on any atom is 0.339 e. The van der Waals surface area contributed by atoms with Crippen LogP contribution in [0.3, 0.4) is 0 Å². The number of nitrogens with zero attached hydrogens (tertiary/aromatic N) is 4. The molecule has 0 aliphatic rings. The Kier molecular flexibility index (Phi) is 6.24. The van der Waals surface area contributed by atoms with Gasteiger partial charge in [0.15, 0.2) is 11.8 Å². The Labute approximate surface area is 198 Å². The van der Waals surface area contributed by atoms with Crippen LogP contribution < -0.4 is 5.32 Å². The molecule has 11 heteroatoms. The zero-order valence-corrected chi connectivity index (χ0v) is 19.0. The molecule has 0 saturated carbocycles. The van der Waals surface area contributed by atoms with Crippen LogP contribution in [-0.2, 0) is 16.6 Å². The van der Waals surface area contributed by atoms with Gasteiger partial charge < -0.3 is 10.1 Å². The van der Waals surface area contributed by atoms with E-state index < -0.39 is 34.4 Å². The van der Waals surface area contributed by atoms with Gasteiger partial charge in [-0.15, -0.1) is 0 Å². The molecule has 1 atom stereocenters. The molecule has 0 fully saturated rings. The number of anilines is 1. The number of aromatic nitrogens is 3. The third-order valence-corrected chi connectivity index (χ3v) is 5.32. The zero-order chi connectivity index (χ0) is 25.3. The summed E-state index contributed by atoms with van der Waals surface area (Å²) in [5.41, 5.74) is 1.76. The molecule has 4 aromatic rings. The van der Waals surface area contributed by atoms with Crippen LogP contribution in [0, 0.1) is 22.9 Å². The van der Waals surface area contributed by atoms with Crippen molar-refractivity contribution in [1.29, 1.82) is 0 Å². The molecule has 35 heavy (non-hydrogen) atoms. The number of aryl methyl sites for hydroxylation is 2. The van der Waals surface area contributed by atoms with Crippen molar-refractivity contribution in [2.45, 2.75) is 20.0 Å². The highest BCUT2D eigenvalue weighted by atomic mass is 19.1. The summed E-state index contributed by atoms with van der Waals surface area (Å²) in [6, 6.07) is 13.8. The molecule has 2 heterocycles. The van der Waals surface area contributed by atoms with Gasteiger partial charge in [0.1, 0.15) is 0 Å². The molecule has 10 nitrogen and oxygen atoms in total. The molecule has 0 spiro atoms. The predicted octanol–water partition coefficient (Wildman–Crippen LogP) is 4.18. The average Bonchev–Trinajstić information content (AvgIpc) is 3.13. The van der Waals surface area contributed by atoms with Crippen LogP contribution in [0.25, 0.3) is 22.3 Å². The van der Waals surface area contributed by atoms with Crippen molar-refractivity contribution < 1.29 is 23.6 Å². The summed E-state index contributed by atoms with van der Waals surface area (Å²) in [7, 11) is 1.71. The van der Waals surface area contributed by atoms with Gasteiger partial charge >= 0.3 is 11.7 Å². The number of rotatable bonds is 6. The number of hydrogen-bond acceptors (Lipinski definition) is 7. The van der Waals surface area contributed by atoms with E-state index in [0.717, 1.165) is 17.7 Å². The first kappa shape index (κ1) is 23.5. The lowest BCUT2D eigenvalue weighted by Crippen LogP contribution is -2.30. The Morgan fingerprint density at radius 3 is 2.57 bits per heavy atom. The van der Waals surface area contributed by atoms with E-state index >= 15 is 0 Å². The Morgan fingerprint density at radius 2 is 1.89 bits per heavy atom. The van der Waals surface area contributed by atoms with Crippen molar-refractivity contribution in [2.75, 3.05) is 5.32 Å². The van der Waals surface area contributed by atoms with E-state index in [2.05, 4.69) is 15.4 Å². The fraction of sp³-hybridized carbons (Fsp3) is 0.167. The number of nitro groups is 1. The number of amides is 1. The van der Waals surface area contributed by atoms with E-state index in [1.807, 2.05) is 30.3 Å². The molecule has 2 aromatic heterocycles. The Balaban J connectivity index is 1.61. The first-order valence-corrected chi connectivity index (χ1v) is 10.5. The normalized spacial score (nSPS) is 11.8. The minimum atomic E-state index is -1.26. The van der Waals surface area contributed by atoms with Gasteiger partial charge in [0.2, 0.25) is 5.82 Å². The van der Waals surface area contributed by atoms with E-state index in [1.54, 1.807) is 24.7 Å². The highest BCUT2D eigenvalue weighted by Gasteiger charge is 2.25. The van der Waals surface area contributed by atoms with Crippen LogP contribution in [0.15, 0.2) is 54.6 Å². The van der Waals surface area contributed by atoms with Gasteiger partial charge in [-0.3, -0.25) is 19.6 Å². The molecule has 0 aliphatic heterocycles. The second-order valence-corrected chi connectivity index (χ2v) is 7.79. The van der Waals surface area contributed by atoms with Crippen LogP contribution in [0.2, 0.25) is 0 Å². The summed E-state index contributed by atoms with van der Waals surface area (Å²) in [4.78, 5) is 40.4. The maximum absolute atomic E-state index is 13.6. The van der Waals surface area contributed by atoms with Gasteiger partial charge in [-0.05, 0) is 32.0 Å². The molecule has 0 radical (unpaired) electrons. The Bertz CT molecular complexity index is 1470. The van der Waals surface area contributed by atoms with Crippen LogP contribution in [0.5, 0.6) is 0 Å². The molecule has 0 bridgehead atoms. The van der Waals surface area contributed by atoms with Crippen molar-refractivity contribution in [1.82, 2.24) is 14.8 Å². The smallest absolute Gasteiger partial charge is 0.339 e. The summed E-state index contributed by atoms with van der Waals surface area (Å²) < 4.78 is 20.5. The van der Waals surface area contributed by atoms with Gasteiger partial charge in [-0.1, -0.05) is 30.3 Å². The number of carbonyl (C=O) groups excluding carboxylic acids is 2. The minimum absolute atomic E-state index is 0.00762. The molecular weight excluding hydrogens is 457 g/mol. The standard InChI is InChI=1S/C24H20FN5O5/c1-13-21-17(12-19(15-7-5-4-6-8-15)27-22(21)29(3)28-13)24(32)35-14(2)23(31)26-16-9-10-18(25)20(11-16)30(33)34/h4-12,14H,1-3H3,(H,26,31). The molecule has 4 rings (SSSR count). The summed E-state index contributed by atoms with van der Waals surface area (Å²) in [6.45, 7) is 3.10. The predicted molar refractivity (Wildman–Crippen MR) is 125 cm³/mol. The number of carbonyl (C=O) groups is 2. The Hall–Kier alpha value is -4.67. The number of nitrogens with one attached hydrogen (secondary N) is 1. The molecule has 178 valence electrons. The highest BCUT2D eigenvalue weighted by molar-refractivity contribution is 6.06. The molecular formula is C24H20FN5O5. The molecule has 0 aliphatic carbocycles. The first-order chi connectivity index (χ1) is 16.7. The van der Waals surface area contributed by atoms with Crippen LogP contribution >= 0.6 is 0 Å². The van der Waals surface area contributed by atoms with Gasteiger partial charge in [0.25, 0.3) is 5.91 Å². The van der Waals surface area contributed by atoms with E-state index in [0.29, 0.717) is 22.4 Å². The summed E-state index contributed by atoms with van der Waals surface area (Å²) in [5.74, 6) is -2.54. The minimum Gasteiger partial charge on any atom is -0.449 e. The lowest BCUT2D eigenvalue weighted by atomic mass is 10.1. The van der Waals surface area contributed by atoms with E-state index in [4.69, 9.17) is 4.74 Å². The van der Waals surface area contributed by atoms with Crippen LogP contribution in [-0.4, -0.2) is 37.7 Å². The van der Waals surface area contributed by atoms with Gasteiger partial charge in [0.05, 0.1) is 27.3 Å². The number of esters is 1. The van der Waals surface area contributed by atoms with Gasteiger partial charge in [0, 0.05) is 24.4 Å². The molecule has 1 N–H and O–H groups in total. The maximum atomic E-state index is 13.6. The summed E-state index contributed by atoms with van der Waals surface area (Å²) in [6.07, 6.45) is -1.26. The average molecular weight is 477 g/mol. The number of benzene rings is 2. The Morgan fingerprint density at radius 1 is 1.17 bits per heavy atom. The fourth-order valence-corrected chi connectivity index (χ4v) is 3.61. The molecule has 1 unspecified atom stereocenters. The van der Waals surface area contributed by atoms with E-state index in [-0.39, 0.29) is 11.3 Å². The number of fused-ring (bicyclic) bond motifs is 1. The summed E-state index contributed by atoms with van der Waals surface area (Å²) >= 11 is 0. The lowest BCUT2D eigenvalue weighted by Gasteiger charge is -2.15. The second kappa shape index (κ2) is 9.29. The zero-order valence-electron chi connectivity index (χ0n) is 19.0. The monoisotopic (exact) mass is 477 g/mol. The van der Waals surface area contributed by atoms with Crippen molar-refractivity contribution in [3.63, 3.8) is 0 Å². The van der Waals surface area contributed by atoms with Crippen LogP contribution in [0.4, 0.5) is 15.8 Å². The number of ether oxygens (including phenoxy) is 1. The third kappa shape index (κ3) is 4.69. The third-order valence-electron chi connectivity index (χ3n) is 5.32. The van der Waals surface area contributed by atoms with E-state index in [1.165, 1.54) is 13.0 Å². The number of pyridine rings is 1. The lowest BCUT2D eigenvalue weighted by molar-refractivity contribution is -0.387. The van der Waals surface area contributed by atoms with Crippen LogP contribution in [0.1, 0.15) is 23.0 Å². The fourth-order valence-electron chi connectivity index (χ4n) is 3.61. The number of halogens is 1. The molecule has 1 amide bonds. The first-order valence-electron chi connectivity index (χ1n) is 10.5. The SMILES string of the molecule is Cc1nn(C)c2nc(-c3ccccc3)cc(C(=O)OC(C)C(=O)Nc3ccc(F)c([N+](=O)[O-])c3)c12. The van der Waals surface area contributed by atoms with Crippen molar-refractivity contribution in [3.05, 3.63) is 81.8 Å². The summed E-state index contributed by atoms with van der Waals surface area (Å²) in [5, 5.41) is 18.2.